The van der Waals surface area contributed by atoms with E-state index in [2.05, 4.69) is 30.9 Å². The summed E-state index contributed by atoms with van der Waals surface area (Å²) in [7, 11) is 0. The van der Waals surface area contributed by atoms with Crippen molar-refractivity contribution in [3.05, 3.63) is 45.0 Å². The molecular weight excluding hydrogens is 337 g/mol. The van der Waals surface area contributed by atoms with Crippen molar-refractivity contribution in [2.75, 3.05) is 0 Å². The van der Waals surface area contributed by atoms with Crippen LogP contribution in [0.4, 0.5) is 0 Å². The summed E-state index contributed by atoms with van der Waals surface area (Å²) in [6, 6.07) is 7.22. The van der Waals surface area contributed by atoms with Crippen molar-refractivity contribution >= 4 is 50.3 Å². The van der Waals surface area contributed by atoms with E-state index < -0.39 is 0 Å². The SMILES string of the molecule is Clc1ccc(-c2nc3ncc(Br)cc3[nH]2)c(Cl)c1. The number of hydrogen-bond donors (Lipinski definition) is 1. The van der Waals surface area contributed by atoms with Gasteiger partial charge in [-0.15, -0.1) is 0 Å². The molecule has 3 nitrogen and oxygen atoms in total. The molecule has 3 aromatic rings. The van der Waals surface area contributed by atoms with Crippen LogP contribution in [0.5, 0.6) is 0 Å². The average molecular weight is 343 g/mol. The number of halogens is 3. The van der Waals surface area contributed by atoms with Crippen LogP contribution in [-0.4, -0.2) is 15.0 Å². The molecule has 0 saturated carbocycles. The summed E-state index contributed by atoms with van der Waals surface area (Å²) in [4.78, 5) is 11.8. The molecule has 90 valence electrons. The minimum Gasteiger partial charge on any atom is -0.336 e. The summed E-state index contributed by atoms with van der Waals surface area (Å²) in [6.45, 7) is 0. The highest BCUT2D eigenvalue weighted by Crippen LogP contribution is 2.29. The molecule has 0 saturated heterocycles. The molecule has 1 aromatic carbocycles. The van der Waals surface area contributed by atoms with Crippen molar-refractivity contribution in [1.29, 1.82) is 0 Å². The van der Waals surface area contributed by atoms with Gasteiger partial charge in [0.25, 0.3) is 0 Å². The molecule has 0 fully saturated rings. The number of aromatic nitrogens is 3. The number of H-pyrrole nitrogens is 1. The summed E-state index contributed by atoms with van der Waals surface area (Å²) in [5.74, 6) is 0.678. The summed E-state index contributed by atoms with van der Waals surface area (Å²) >= 11 is 15.4. The number of aromatic amines is 1. The highest BCUT2D eigenvalue weighted by Gasteiger charge is 2.10. The Morgan fingerprint density at radius 1 is 1.17 bits per heavy atom. The Labute approximate surface area is 121 Å². The lowest BCUT2D eigenvalue weighted by Crippen LogP contribution is -1.82. The van der Waals surface area contributed by atoms with Crippen LogP contribution in [0.2, 0.25) is 10.0 Å². The second-order valence-corrected chi connectivity index (χ2v) is 5.49. The first-order chi connectivity index (χ1) is 8.63. The molecule has 0 atom stereocenters. The number of hydrogen-bond acceptors (Lipinski definition) is 2. The Balaban J connectivity index is 2.19. The highest BCUT2D eigenvalue weighted by atomic mass is 79.9. The summed E-state index contributed by atoms with van der Waals surface area (Å²) in [5, 5.41) is 1.15. The molecule has 2 aromatic heterocycles. The van der Waals surface area contributed by atoms with Gasteiger partial charge in [-0.05, 0) is 40.2 Å². The smallest absolute Gasteiger partial charge is 0.178 e. The normalized spacial score (nSPS) is 11.1. The molecule has 18 heavy (non-hydrogen) atoms. The molecule has 0 spiro atoms. The van der Waals surface area contributed by atoms with Gasteiger partial charge in [0.2, 0.25) is 0 Å². The van der Waals surface area contributed by atoms with E-state index in [9.17, 15) is 0 Å². The molecule has 0 bridgehead atoms. The predicted molar refractivity (Wildman–Crippen MR) is 77.0 cm³/mol. The zero-order valence-electron chi connectivity index (χ0n) is 8.92. The van der Waals surface area contributed by atoms with Crippen molar-refractivity contribution in [3.63, 3.8) is 0 Å². The van der Waals surface area contributed by atoms with E-state index in [0.29, 0.717) is 21.5 Å². The average Bonchev–Trinajstić information content (AvgIpc) is 2.71. The van der Waals surface area contributed by atoms with Crippen molar-refractivity contribution in [3.8, 4) is 11.4 Å². The number of fused-ring (bicyclic) bond motifs is 1. The van der Waals surface area contributed by atoms with E-state index in [0.717, 1.165) is 15.6 Å². The maximum atomic E-state index is 6.15. The summed E-state index contributed by atoms with van der Waals surface area (Å²) in [6.07, 6.45) is 1.70. The number of nitrogens with one attached hydrogen (secondary N) is 1. The van der Waals surface area contributed by atoms with Crippen molar-refractivity contribution < 1.29 is 0 Å². The Bertz CT molecular complexity index is 739. The second kappa shape index (κ2) is 4.53. The van der Waals surface area contributed by atoms with Gasteiger partial charge in [0.05, 0.1) is 10.5 Å². The maximum Gasteiger partial charge on any atom is 0.178 e. The van der Waals surface area contributed by atoms with Crippen LogP contribution in [0.1, 0.15) is 0 Å². The lowest BCUT2D eigenvalue weighted by Gasteiger charge is -2.00. The molecule has 1 N–H and O–H groups in total. The van der Waals surface area contributed by atoms with Gasteiger partial charge in [-0.2, -0.15) is 0 Å². The molecule has 6 heteroatoms. The van der Waals surface area contributed by atoms with Crippen molar-refractivity contribution in [1.82, 2.24) is 15.0 Å². The van der Waals surface area contributed by atoms with E-state index in [-0.39, 0.29) is 0 Å². The number of rotatable bonds is 1. The first-order valence-electron chi connectivity index (χ1n) is 5.10. The third-order valence-corrected chi connectivity index (χ3v) is 3.47. The predicted octanol–water partition coefficient (Wildman–Crippen LogP) is 4.69. The van der Waals surface area contributed by atoms with Crippen LogP contribution in [0.15, 0.2) is 34.9 Å². The Morgan fingerprint density at radius 2 is 2.00 bits per heavy atom. The molecule has 2 heterocycles. The minimum absolute atomic E-state index is 0.556. The molecule has 0 aliphatic heterocycles. The number of pyridine rings is 1. The Hall–Kier alpha value is -1.10. The zero-order valence-corrected chi connectivity index (χ0v) is 12.0. The van der Waals surface area contributed by atoms with Gasteiger partial charge in [-0.3, -0.25) is 0 Å². The van der Waals surface area contributed by atoms with E-state index in [4.69, 9.17) is 23.2 Å². The lowest BCUT2D eigenvalue weighted by molar-refractivity contribution is 1.30. The number of imidazole rings is 1. The summed E-state index contributed by atoms with van der Waals surface area (Å²) < 4.78 is 0.896. The zero-order chi connectivity index (χ0) is 12.7. The molecule has 0 aliphatic carbocycles. The van der Waals surface area contributed by atoms with Gasteiger partial charge in [0.15, 0.2) is 5.65 Å². The van der Waals surface area contributed by atoms with E-state index in [1.54, 1.807) is 18.3 Å². The van der Waals surface area contributed by atoms with Gasteiger partial charge in [-0.25, -0.2) is 9.97 Å². The first-order valence-corrected chi connectivity index (χ1v) is 6.65. The van der Waals surface area contributed by atoms with Gasteiger partial charge >= 0.3 is 0 Å². The molecule has 0 aliphatic rings. The quantitative estimate of drug-likeness (QED) is 0.696. The van der Waals surface area contributed by atoms with Crippen LogP contribution in [0, 0.1) is 0 Å². The van der Waals surface area contributed by atoms with Gasteiger partial charge in [0.1, 0.15) is 5.82 Å². The fraction of sp³-hybridized carbons (Fsp3) is 0. The van der Waals surface area contributed by atoms with Crippen LogP contribution >= 0.6 is 39.1 Å². The van der Waals surface area contributed by atoms with Crippen LogP contribution in [-0.2, 0) is 0 Å². The monoisotopic (exact) mass is 341 g/mol. The molecule has 0 radical (unpaired) electrons. The van der Waals surface area contributed by atoms with Crippen molar-refractivity contribution in [2.45, 2.75) is 0 Å². The van der Waals surface area contributed by atoms with Crippen LogP contribution in [0.3, 0.4) is 0 Å². The molecular formula is C12H6BrCl2N3. The van der Waals surface area contributed by atoms with Crippen LogP contribution in [0.25, 0.3) is 22.6 Å². The second-order valence-electron chi connectivity index (χ2n) is 3.73. The fourth-order valence-corrected chi connectivity index (χ4v) is 2.51. The van der Waals surface area contributed by atoms with Gasteiger partial charge in [0, 0.05) is 21.3 Å². The molecule has 0 unspecified atom stereocenters. The van der Waals surface area contributed by atoms with E-state index in [1.807, 2.05) is 12.1 Å². The Morgan fingerprint density at radius 3 is 2.78 bits per heavy atom. The van der Waals surface area contributed by atoms with Crippen molar-refractivity contribution in [2.24, 2.45) is 0 Å². The number of benzene rings is 1. The van der Waals surface area contributed by atoms with E-state index >= 15 is 0 Å². The number of nitrogens with zero attached hydrogens (tertiary/aromatic N) is 2. The fourth-order valence-electron chi connectivity index (χ4n) is 1.68. The highest BCUT2D eigenvalue weighted by molar-refractivity contribution is 9.10. The topological polar surface area (TPSA) is 41.6 Å². The Kier molecular flexibility index (Phi) is 3.01. The van der Waals surface area contributed by atoms with E-state index in [1.165, 1.54) is 0 Å². The summed E-state index contributed by atoms with van der Waals surface area (Å²) in [5.41, 5.74) is 2.31. The lowest BCUT2D eigenvalue weighted by atomic mass is 10.2. The molecule has 0 amide bonds. The standard InChI is InChI=1S/C12H6BrCl2N3/c13-6-3-10-12(16-5-6)18-11(17-10)8-2-1-7(14)4-9(8)15/h1-5H,(H,16,17,18). The minimum atomic E-state index is 0.556. The first kappa shape index (κ1) is 12.0. The molecule has 3 rings (SSSR count). The van der Waals surface area contributed by atoms with Gasteiger partial charge < -0.3 is 4.98 Å². The van der Waals surface area contributed by atoms with Crippen LogP contribution < -0.4 is 0 Å². The largest absolute Gasteiger partial charge is 0.336 e. The third-order valence-electron chi connectivity index (χ3n) is 2.49. The third kappa shape index (κ3) is 2.11. The maximum absolute atomic E-state index is 6.15. The van der Waals surface area contributed by atoms with Gasteiger partial charge in [-0.1, -0.05) is 23.2 Å².